The number of nitrogens with zero attached hydrogens (tertiary/aromatic N) is 1. The van der Waals surface area contributed by atoms with E-state index < -0.39 is 0 Å². The van der Waals surface area contributed by atoms with Gasteiger partial charge >= 0.3 is 0 Å². The predicted molar refractivity (Wildman–Crippen MR) is 70.9 cm³/mol. The second-order valence-electron chi connectivity index (χ2n) is 4.63. The molecule has 0 aliphatic rings. The van der Waals surface area contributed by atoms with E-state index in [0.29, 0.717) is 13.0 Å². The van der Waals surface area contributed by atoms with Crippen molar-refractivity contribution in [1.29, 1.82) is 0 Å². The zero-order valence-electron chi connectivity index (χ0n) is 11.6. The first-order valence-corrected chi connectivity index (χ1v) is 6.92. The first-order valence-electron chi connectivity index (χ1n) is 6.92. The Morgan fingerprint density at radius 1 is 1.12 bits per heavy atom. The van der Waals surface area contributed by atoms with Crippen LogP contribution >= 0.6 is 0 Å². The lowest BCUT2D eigenvalue weighted by atomic mass is 10.1. The van der Waals surface area contributed by atoms with Crippen molar-refractivity contribution < 1.29 is 9.59 Å². The van der Waals surface area contributed by atoms with Crippen molar-refractivity contribution in [1.82, 2.24) is 4.90 Å². The molecule has 0 aromatic rings. The number of rotatable bonds is 10. The molecular formula is C14H27NO2. The van der Waals surface area contributed by atoms with Gasteiger partial charge in [0.25, 0.3) is 0 Å². The summed E-state index contributed by atoms with van der Waals surface area (Å²) in [4.78, 5) is 24.4. The highest BCUT2D eigenvalue weighted by Crippen LogP contribution is 2.09. The van der Waals surface area contributed by atoms with Gasteiger partial charge in [-0.05, 0) is 19.8 Å². The molecule has 0 heterocycles. The van der Waals surface area contributed by atoms with Crippen LogP contribution in [0.4, 0.5) is 0 Å². The Morgan fingerprint density at radius 2 is 1.76 bits per heavy atom. The van der Waals surface area contributed by atoms with Crippen molar-refractivity contribution in [3.63, 3.8) is 0 Å². The fraction of sp³-hybridized carbons (Fsp3) is 0.857. The minimum absolute atomic E-state index is 0.128. The van der Waals surface area contributed by atoms with Crippen LogP contribution in [0.3, 0.4) is 0 Å². The lowest BCUT2D eigenvalue weighted by Gasteiger charge is -2.25. The summed E-state index contributed by atoms with van der Waals surface area (Å²) >= 11 is 0. The second kappa shape index (κ2) is 10.3. The molecule has 0 aliphatic carbocycles. The van der Waals surface area contributed by atoms with E-state index in [2.05, 4.69) is 6.92 Å². The Balaban J connectivity index is 3.93. The van der Waals surface area contributed by atoms with Gasteiger partial charge < -0.3 is 9.69 Å². The fourth-order valence-corrected chi connectivity index (χ4v) is 1.89. The molecule has 0 saturated heterocycles. The molecule has 1 atom stereocenters. The number of hydrogen-bond acceptors (Lipinski definition) is 2. The first-order chi connectivity index (χ1) is 8.17. The first kappa shape index (κ1) is 16.1. The summed E-state index contributed by atoms with van der Waals surface area (Å²) in [5.41, 5.74) is 0. The molecule has 3 nitrogen and oxygen atoms in total. The average molecular weight is 241 g/mol. The van der Waals surface area contributed by atoms with Crippen molar-refractivity contribution in [2.24, 2.45) is 0 Å². The fourth-order valence-electron chi connectivity index (χ4n) is 1.89. The number of amides is 1. The Morgan fingerprint density at radius 3 is 2.29 bits per heavy atom. The molecule has 0 radical (unpaired) electrons. The topological polar surface area (TPSA) is 37.4 Å². The number of aldehydes is 1. The predicted octanol–water partition coefficient (Wildman–Crippen LogP) is 3.17. The van der Waals surface area contributed by atoms with Crippen LogP contribution in [0.5, 0.6) is 0 Å². The van der Waals surface area contributed by atoms with Gasteiger partial charge in [-0.1, -0.05) is 39.5 Å². The third-order valence-corrected chi connectivity index (χ3v) is 2.97. The third-order valence-electron chi connectivity index (χ3n) is 2.97. The summed E-state index contributed by atoms with van der Waals surface area (Å²) in [5.74, 6) is 0.128. The minimum atomic E-state index is -0.280. The van der Waals surface area contributed by atoms with Gasteiger partial charge in [-0.25, -0.2) is 0 Å². The highest BCUT2D eigenvalue weighted by atomic mass is 16.2. The molecule has 0 saturated carbocycles. The molecule has 0 unspecified atom stereocenters. The number of hydrogen-bond donors (Lipinski definition) is 0. The van der Waals surface area contributed by atoms with Crippen LogP contribution < -0.4 is 0 Å². The van der Waals surface area contributed by atoms with Gasteiger partial charge in [0.05, 0.1) is 6.04 Å². The Bertz CT molecular complexity index is 216. The van der Waals surface area contributed by atoms with Gasteiger partial charge in [0.1, 0.15) is 6.29 Å². The second-order valence-corrected chi connectivity index (χ2v) is 4.63. The maximum Gasteiger partial charge on any atom is 0.223 e. The molecule has 1 amide bonds. The van der Waals surface area contributed by atoms with Crippen LogP contribution in [-0.4, -0.2) is 29.7 Å². The zero-order valence-corrected chi connectivity index (χ0v) is 11.6. The number of unbranched alkanes of at least 4 members (excludes halogenated alkanes) is 4. The van der Waals surface area contributed by atoms with E-state index in [1.807, 2.05) is 6.92 Å². The van der Waals surface area contributed by atoms with Gasteiger partial charge in [0.2, 0.25) is 5.91 Å². The largest absolute Gasteiger partial charge is 0.333 e. The lowest BCUT2D eigenvalue weighted by molar-refractivity contribution is -0.136. The summed E-state index contributed by atoms with van der Waals surface area (Å²) in [7, 11) is 0. The minimum Gasteiger partial charge on any atom is -0.333 e. The van der Waals surface area contributed by atoms with Gasteiger partial charge in [-0.2, -0.15) is 0 Å². The van der Waals surface area contributed by atoms with Crippen molar-refractivity contribution in [3.8, 4) is 0 Å². The van der Waals surface area contributed by atoms with Crippen LogP contribution in [0, 0.1) is 0 Å². The van der Waals surface area contributed by atoms with E-state index in [0.717, 1.165) is 25.5 Å². The van der Waals surface area contributed by atoms with E-state index in [9.17, 15) is 9.59 Å². The van der Waals surface area contributed by atoms with Crippen LogP contribution in [-0.2, 0) is 9.59 Å². The Kier molecular flexibility index (Phi) is 9.78. The van der Waals surface area contributed by atoms with E-state index >= 15 is 0 Å². The molecule has 0 aliphatic heterocycles. The monoisotopic (exact) mass is 241 g/mol. The summed E-state index contributed by atoms with van der Waals surface area (Å²) in [6.07, 6.45) is 8.09. The quantitative estimate of drug-likeness (QED) is 0.435. The third kappa shape index (κ3) is 7.14. The van der Waals surface area contributed by atoms with E-state index in [-0.39, 0.29) is 11.9 Å². The van der Waals surface area contributed by atoms with Crippen LogP contribution in [0.15, 0.2) is 0 Å². The standard InChI is InChI=1S/C14H27NO2/c1-4-6-7-8-9-10-14(17)15(11-5-2)13(3)12-16/h12-13H,4-11H2,1-3H3/t13-/m0/s1. The Hall–Kier alpha value is -0.860. The SMILES string of the molecule is CCCCCCCC(=O)N(CCC)[C@@H](C)C=O. The van der Waals surface area contributed by atoms with E-state index in [1.165, 1.54) is 19.3 Å². The van der Waals surface area contributed by atoms with Crippen LogP contribution in [0.2, 0.25) is 0 Å². The summed E-state index contributed by atoms with van der Waals surface area (Å²) < 4.78 is 0. The highest BCUT2D eigenvalue weighted by molar-refractivity contribution is 5.79. The van der Waals surface area contributed by atoms with Gasteiger partial charge in [-0.15, -0.1) is 0 Å². The van der Waals surface area contributed by atoms with Gasteiger partial charge in [-0.3, -0.25) is 4.79 Å². The van der Waals surface area contributed by atoms with Crippen molar-refractivity contribution in [2.75, 3.05) is 6.54 Å². The summed E-state index contributed by atoms with van der Waals surface area (Å²) in [6.45, 7) is 6.68. The van der Waals surface area contributed by atoms with Crippen molar-refractivity contribution in [3.05, 3.63) is 0 Å². The average Bonchev–Trinajstić information content (AvgIpc) is 2.34. The van der Waals surface area contributed by atoms with Gasteiger partial charge in [0.15, 0.2) is 0 Å². The normalized spacial score (nSPS) is 12.2. The maximum atomic E-state index is 11.9. The molecule has 100 valence electrons. The molecule has 0 bridgehead atoms. The molecule has 17 heavy (non-hydrogen) atoms. The molecule has 0 N–H and O–H groups in total. The van der Waals surface area contributed by atoms with Crippen LogP contribution in [0.1, 0.15) is 65.7 Å². The Labute approximate surface area is 106 Å². The van der Waals surface area contributed by atoms with Crippen LogP contribution in [0.25, 0.3) is 0 Å². The van der Waals surface area contributed by atoms with E-state index in [1.54, 1.807) is 11.8 Å². The maximum absolute atomic E-state index is 11.9. The number of carbonyl (C=O) groups is 2. The highest BCUT2D eigenvalue weighted by Gasteiger charge is 2.17. The molecule has 0 fully saturated rings. The molecule has 0 spiro atoms. The lowest BCUT2D eigenvalue weighted by Crippen LogP contribution is -2.39. The van der Waals surface area contributed by atoms with Gasteiger partial charge in [0, 0.05) is 13.0 Å². The van der Waals surface area contributed by atoms with E-state index in [4.69, 9.17) is 0 Å². The van der Waals surface area contributed by atoms with Crippen molar-refractivity contribution >= 4 is 12.2 Å². The molecule has 0 aromatic heterocycles. The molecule has 3 heteroatoms. The molecule has 0 aromatic carbocycles. The molecule has 0 rings (SSSR count). The summed E-state index contributed by atoms with van der Waals surface area (Å²) in [6, 6.07) is -0.280. The summed E-state index contributed by atoms with van der Waals surface area (Å²) in [5, 5.41) is 0. The van der Waals surface area contributed by atoms with Crippen molar-refractivity contribution in [2.45, 2.75) is 71.8 Å². The molecular weight excluding hydrogens is 214 g/mol. The smallest absolute Gasteiger partial charge is 0.223 e. The zero-order chi connectivity index (χ0) is 13.1. The number of carbonyl (C=O) groups excluding carboxylic acids is 2.